The first-order valence-corrected chi connectivity index (χ1v) is 13.3. The Morgan fingerprint density at radius 3 is 2.20 bits per heavy atom. The van der Waals surface area contributed by atoms with Gasteiger partial charge in [-0.15, -0.1) is 0 Å². The second-order valence-electron chi connectivity index (χ2n) is 8.27. The summed E-state index contributed by atoms with van der Waals surface area (Å²) in [6.45, 7) is 4.11. The van der Waals surface area contributed by atoms with Crippen LogP contribution < -0.4 is 15.4 Å². The molecule has 2 aromatic rings. The van der Waals surface area contributed by atoms with E-state index in [1.165, 1.54) is 0 Å². The van der Waals surface area contributed by atoms with Gasteiger partial charge >= 0.3 is 5.97 Å². The van der Waals surface area contributed by atoms with Crippen LogP contribution >= 0.6 is 0 Å². The number of unbranched alkanes of at least 4 members (excludes halogenated alkanes) is 1. The van der Waals surface area contributed by atoms with Gasteiger partial charge in [-0.2, -0.15) is 0 Å². The summed E-state index contributed by atoms with van der Waals surface area (Å²) < 4.78 is 37.7. The van der Waals surface area contributed by atoms with Crippen molar-refractivity contribution in [2.24, 2.45) is 5.90 Å². The van der Waals surface area contributed by atoms with Crippen LogP contribution in [0.3, 0.4) is 0 Å². The van der Waals surface area contributed by atoms with Gasteiger partial charge in [-0.3, -0.25) is 9.69 Å². The normalized spacial score (nSPS) is 18.3. The number of sulfone groups is 1. The zero-order chi connectivity index (χ0) is 25.7. The summed E-state index contributed by atoms with van der Waals surface area (Å²) in [5, 5.41) is 15.5. The molecule has 0 amide bonds. The molecule has 2 unspecified atom stereocenters. The number of aliphatic carboxylic acids is 1. The van der Waals surface area contributed by atoms with Gasteiger partial charge in [0.1, 0.15) is 17.5 Å². The fourth-order valence-electron chi connectivity index (χ4n) is 4.01. The van der Waals surface area contributed by atoms with Gasteiger partial charge in [0.2, 0.25) is 0 Å². The van der Waals surface area contributed by atoms with Crippen LogP contribution in [0.25, 0.3) is 0 Å². The number of likely N-dealkylation sites (tertiary alicyclic amines) is 1. The lowest BCUT2D eigenvalue weighted by atomic mass is 10.0. The van der Waals surface area contributed by atoms with Gasteiger partial charge in [0, 0.05) is 13.1 Å². The van der Waals surface area contributed by atoms with Crippen LogP contribution in [0.4, 0.5) is 0 Å². The monoisotopic (exact) mass is 508 g/mol. The van der Waals surface area contributed by atoms with Crippen LogP contribution in [0.5, 0.6) is 11.5 Å². The molecule has 1 aliphatic heterocycles. The summed E-state index contributed by atoms with van der Waals surface area (Å²) >= 11 is 0. The molecule has 4 N–H and O–H groups in total. The molecule has 0 bridgehead atoms. The number of ether oxygens (including phenoxy) is 2. The van der Waals surface area contributed by atoms with Gasteiger partial charge in [-0.05, 0) is 62.1 Å². The van der Waals surface area contributed by atoms with Gasteiger partial charge in [0.15, 0.2) is 9.84 Å². The molecule has 0 aliphatic carbocycles. The molecule has 0 saturated carbocycles. The molecule has 0 spiro atoms. The minimum Gasteiger partial charge on any atom is -0.494 e. The van der Waals surface area contributed by atoms with Gasteiger partial charge < -0.3 is 19.8 Å². The molecule has 35 heavy (non-hydrogen) atoms. The van der Waals surface area contributed by atoms with E-state index in [2.05, 4.69) is 12.8 Å². The molecule has 9 nitrogen and oxygen atoms in total. The third kappa shape index (κ3) is 8.50. The van der Waals surface area contributed by atoms with Crippen molar-refractivity contribution in [2.75, 3.05) is 26.3 Å². The Labute approximate surface area is 207 Å². The van der Waals surface area contributed by atoms with Crippen LogP contribution in [-0.2, 0) is 14.6 Å². The third-order valence-corrected chi connectivity index (χ3v) is 8.14. The molecule has 2 atom stereocenters. The van der Waals surface area contributed by atoms with Crippen LogP contribution in [0.15, 0.2) is 59.5 Å². The number of piperidine rings is 1. The highest BCUT2D eigenvalue weighted by molar-refractivity contribution is 7.92. The summed E-state index contributed by atoms with van der Waals surface area (Å²) in [6.07, 6.45) is 3.10. The number of nitrogens with two attached hydrogens (primary N) is 1. The van der Waals surface area contributed by atoms with E-state index in [9.17, 15) is 18.3 Å². The van der Waals surface area contributed by atoms with E-state index < -0.39 is 27.1 Å². The molecule has 1 fully saturated rings. The molecule has 0 radical (unpaired) electrons. The van der Waals surface area contributed by atoms with Crippen LogP contribution in [0, 0.1) is 0 Å². The summed E-state index contributed by atoms with van der Waals surface area (Å²) in [5.41, 5.74) is 0. The van der Waals surface area contributed by atoms with Gasteiger partial charge in [-0.1, -0.05) is 31.5 Å². The summed E-state index contributed by atoms with van der Waals surface area (Å²) in [6, 6.07) is 15.1. The number of carboxylic acid groups (broad SMARTS) is 1. The summed E-state index contributed by atoms with van der Waals surface area (Å²) in [4.78, 5) is 14.0. The fourth-order valence-corrected chi connectivity index (χ4v) is 5.77. The van der Waals surface area contributed by atoms with Crippen LogP contribution in [0.2, 0.25) is 0 Å². The molecule has 0 aromatic heterocycles. The second kappa shape index (κ2) is 14.7. The number of rotatable bonds is 12. The number of carbonyl (C=O) groups is 1. The first-order chi connectivity index (χ1) is 16.9. The third-order valence-electron chi connectivity index (χ3n) is 5.91. The average Bonchev–Trinajstić information content (AvgIpc) is 2.89. The van der Waals surface area contributed by atoms with Crippen molar-refractivity contribution in [1.29, 1.82) is 0 Å². The quantitative estimate of drug-likeness (QED) is 0.291. The highest BCUT2D eigenvalue weighted by atomic mass is 32.2. The maximum Gasteiger partial charge on any atom is 0.320 e. The predicted octanol–water partition coefficient (Wildman–Crippen LogP) is 3.36. The molecule has 194 valence electrons. The summed E-state index contributed by atoms with van der Waals surface area (Å²) in [5.74, 6) is 3.93. The maximum absolute atomic E-state index is 13.2. The first-order valence-electron chi connectivity index (χ1n) is 11.8. The van der Waals surface area contributed by atoms with Crippen molar-refractivity contribution >= 4 is 15.8 Å². The zero-order valence-corrected chi connectivity index (χ0v) is 20.9. The van der Waals surface area contributed by atoms with Crippen molar-refractivity contribution in [3.63, 3.8) is 0 Å². The molecular formula is C25H36N2O7S. The number of carboxylic acids is 1. The van der Waals surface area contributed by atoms with Gasteiger partial charge in [0.05, 0.1) is 23.4 Å². The highest BCUT2D eigenvalue weighted by Crippen LogP contribution is 2.29. The Bertz CT molecular complexity index is 985. The molecule has 1 aliphatic rings. The van der Waals surface area contributed by atoms with E-state index in [-0.39, 0.29) is 11.3 Å². The van der Waals surface area contributed by atoms with Crippen LogP contribution in [-0.4, -0.2) is 67.2 Å². The second-order valence-corrected chi connectivity index (χ2v) is 10.5. The van der Waals surface area contributed by atoms with E-state index in [0.29, 0.717) is 44.9 Å². The Hall–Kier alpha value is -2.66. The van der Waals surface area contributed by atoms with E-state index in [0.717, 1.165) is 18.6 Å². The number of hydrogen-bond donors (Lipinski definition) is 3. The van der Waals surface area contributed by atoms with Crippen molar-refractivity contribution < 1.29 is 33.0 Å². The van der Waals surface area contributed by atoms with E-state index >= 15 is 0 Å². The molecule has 2 aromatic carbocycles. The SMILES string of the molecule is CCCCOc1ccc(S(=O)(=O)C2CCN(CCCOc3ccccc3)C(C(=O)O)C2)cc1.NO. The molecule has 1 saturated heterocycles. The van der Waals surface area contributed by atoms with E-state index in [1.807, 2.05) is 35.2 Å². The first kappa shape index (κ1) is 28.6. The predicted molar refractivity (Wildman–Crippen MR) is 133 cm³/mol. The molecular weight excluding hydrogens is 472 g/mol. The molecule has 3 rings (SSSR count). The Kier molecular flexibility index (Phi) is 12.0. The van der Waals surface area contributed by atoms with E-state index in [4.69, 9.17) is 14.7 Å². The Morgan fingerprint density at radius 1 is 1.00 bits per heavy atom. The minimum absolute atomic E-state index is 0.0754. The topological polar surface area (TPSA) is 139 Å². The largest absolute Gasteiger partial charge is 0.494 e. The van der Waals surface area contributed by atoms with Crippen molar-refractivity contribution in [1.82, 2.24) is 4.90 Å². The minimum atomic E-state index is -3.63. The van der Waals surface area contributed by atoms with Crippen LogP contribution in [0.1, 0.15) is 39.0 Å². The van der Waals surface area contributed by atoms with Gasteiger partial charge in [0.25, 0.3) is 0 Å². The van der Waals surface area contributed by atoms with Crippen molar-refractivity contribution in [2.45, 2.75) is 55.2 Å². The average molecular weight is 509 g/mol. The molecule has 10 heteroatoms. The Balaban J connectivity index is 0.00000210. The summed E-state index contributed by atoms with van der Waals surface area (Å²) in [7, 11) is -3.63. The number of nitrogens with zero attached hydrogens (tertiary/aromatic N) is 1. The lowest BCUT2D eigenvalue weighted by Gasteiger charge is -2.36. The van der Waals surface area contributed by atoms with Gasteiger partial charge in [-0.25, -0.2) is 14.3 Å². The lowest BCUT2D eigenvalue weighted by Crippen LogP contribution is -2.50. The smallest absolute Gasteiger partial charge is 0.320 e. The number of para-hydroxylation sites is 1. The Morgan fingerprint density at radius 2 is 1.60 bits per heavy atom. The number of benzene rings is 2. The van der Waals surface area contributed by atoms with E-state index in [1.54, 1.807) is 24.3 Å². The number of hydrogen-bond acceptors (Lipinski definition) is 8. The zero-order valence-electron chi connectivity index (χ0n) is 20.1. The molecule has 1 heterocycles. The lowest BCUT2D eigenvalue weighted by molar-refractivity contribution is -0.144. The fraction of sp³-hybridized carbons (Fsp3) is 0.480. The highest BCUT2D eigenvalue weighted by Gasteiger charge is 2.39. The standard InChI is InChI=1S/C25H33NO6S.H3NO/c1-2-3-17-31-21-10-12-22(13-11-21)33(29,30)23-14-16-26(24(19-23)25(27)28)15-7-18-32-20-8-5-4-6-9-20;1-2/h4-6,8-13,23-24H,2-3,7,14-19H2,1H3,(H,27,28);2H,1H2. The maximum atomic E-state index is 13.2. The van der Waals surface area contributed by atoms with Crippen molar-refractivity contribution in [3.05, 3.63) is 54.6 Å². The van der Waals surface area contributed by atoms with Crippen molar-refractivity contribution in [3.8, 4) is 11.5 Å².